The Hall–Kier alpha value is 0.270. The van der Waals surface area contributed by atoms with Gasteiger partial charge in [-0.3, -0.25) is 4.99 Å². The number of aliphatic imine (C=N–C) groups is 1. The Balaban J connectivity index is 0.00000312. The van der Waals surface area contributed by atoms with Crippen molar-refractivity contribution < 1.29 is 9.47 Å². The lowest BCUT2D eigenvalue weighted by atomic mass is 10.0. The second kappa shape index (κ2) is 13.4. The van der Waals surface area contributed by atoms with Crippen LogP contribution in [0.1, 0.15) is 46.0 Å². The van der Waals surface area contributed by atoms with E-state index in [0.717, 1.165) is 71.3 Å². The van der Waals surface area contributed by atoms with Crippen LogP contribution >= 0.6 is 35.7 Å². The number of nitrogens with zero attached hydrogens (tertiary/aromatic N) is 1. The van der Waals surface area contributed by atoms with Crippen LogP contribution in [0.3, 0.4) is 0 Å². The van der Waals surface area contributed by atoms with Crippen molar-refractivity contribution in [2.24, 2.45) is 10.9 Å². The molecule has 0 aromatic heterocycles. The van der Waals surface area contributed by atoms with Crippen LogP contribution in [0.15, 0.2) is 4.99 Å². The van der Waals surface area contributed by atoms with Crippen LogP contribution < -0.4 is 10.6 Å². The monoisotopic (exact) mass is 485 g/mol. The second-order valence-electron chi connectivity index (χ2n) is 7.01. The predicted molar refractivity (Wildman–Crippen MR) is 118 cm³/mol. The van der Waals surface area contributed by atoms with E-state index in [1.54, 1.807) is 0 Å². The van der Waals surface area contributed by atoms with E-state index in [-0.39, 0.29) is 24.0 Å². The van der Waals surface area contributed by atoms with E-state index in [1.807, 2.05) is 0 Å². The first-order valence-corrected chi connectivity index (χ1v) is 10.5. The predicted octanol–water partition coefficient (Wildman–Crippen LogP) is 3.28. The second-order valence-corrected chi connectivity index (χ2v) is 8.69. The fraction of sp³-hybridized carbons (Fsp3) is 0.944. The fourth-order valence-electron chi connectivity index (χ4n) is 3.09. The Morgan fingerprint density at radius 3 is 2.80 bits per heavy atom. The Labute approximate surface area is 174 Å². The summed E-state index contributed by atoms with van der Waals surface area (Å²) in [5.74, 6) is 2.91. The fourth-order valence-corrected chi connectivity index (χ4v) is 4.32. The first-order valence-electron chi connectivity index (χ1n) is 9.53. The Kier molecular flexibility index (Phi) is 12.5. The minimum absolute atomic E-state index is 0. The first-order chi connectivity index (χ1) is 11.7. The lowest BCUT2D eigenvalue weighted by molar-refractivity contribution is 0.0203. The number of thioether (sulfide) groups is 1. The van der Waals surface area contributed by atoms with Gasteiger partial charge in [-0.2, -0.15) is 11.8 Å². The number of hydrogen-bond acceptors (Lipinski definition) is 4. The number of ether oxygens (including phenoxy) is 2. The topological polar surface area (TPSA) is 54.9 Å². The molecule has 0 spiro atoms. The molecule has 25 heavy (non-hydrogen) atoms. The molecular formula is C18H36IN3O2S. The zero-order chi connectivity index (χ0) is 17.1. The SMILES string of the molecule is CCNC(=NCC1(C)CCCS1)NCCCOCC1CCOCC1.I. The highest BCUT2D eigenvalue weighted by Gasteiger charge is 2.29. The van der Waals surface area contributed by atoms with Crippen LogP contribution in [0.5, 0.6) is 0 Å². The first kappa shape index (κ1) is 23.3. The molecule has 0 aliphatic carbocycles. The van der Waals surface area contributed by atoms with Gasteiger partial charge in [0, 0.05) is 44.3 Å². The maximum Gasteiger partial charge on any atom is 0.191 e. The van der Waals surface area contributed by atoms with E-state index in [4.69, 9.17) is 14.5 Å². The van der Waals surface area contributed by atoms with Crippen molar-refractivity contribution in [1.82, 2.24) is 10.6 Å². The van der Waals surface area contributed by atoms with Gasteiger partial charge in [-0.15, -0.1) is 24.0 Å². The molecule has 7 heteroatoms. The summed E-state index contributed by atoms with van der Waals surface area (Å²) in [6, 6.07) is 0. The molecule has 2 fully saturated rings. The minimum Gasteiger partial charge on any atom is -0.381 e. The smallest absolute Gasteiger partial charge is 0.191 e. The third kappa shape index (κ3) is 9.68. The van der Waals surface area contributed by atoms with Gasteiger partial charge >= 0.3 is 0 Å². The molecule has 0 aromatic rings. The number of nitrogens with one attached hydrogen (secondary N) is 2. The van der Waals surface area contributed by atoms with E-state index in [9.17, 15) is 0 Å². The van der Waals surface area contributed by atoms with Crippen LogP contribution in [0.25, 0.3) is 0 Å². The number of guanidine groups is 1. The number of halogens is 1. The molecule has 0 aromatic carbocycles. The van der Waals surface area contributed by atoms with Crippen molar-refractivity contribution in [3.63, 3.8) is 0 Å². The molecule has 5 nitrogen and oxygen atoms in total. The molecule has 0 amide bonds. The zero-order valence-electron chi connectivity index (χ0n) is 15.8. The van der Waals surface area contributed by atoms with Crippen molar-refractivity contribution >= 4 is 41.7 Å². The molecule has 0 bridgehead atoms. The summed E-state index contributed by atoms with van der Waals surface area (Å²) in [4.78, 5) is 4.78. The molecule has 2 rings (SSSR count). The average molecular weight is 485 g/mol. The number of rotatable bonds is 9. The van der Waals surface area contributed by atoms with Crippen molar-refractivity contribution in [3.05, 3.63) is 0 Å². The quantitative estimate of drug-likeness (QED) is 0.227. The maximum atomic E-state index is 5.81. The third-order valence-electron chi connectivity index (χ3n) is 4.67. The Morgan fingerprint density at radius 2 is 2.12 bits per heavy atom. The highest BCUT2D eigenvalue weighted by atomic mass is 127. The molecule has 1 unspecified atom stereocenters. The summed E-state index contributed by atoms with van der Waals surface area (Å²) >= 11 is 2.06. The van der Waals surface area contributed by atoms with Crippen LogP contribution in [0.4, 0.5) is 0 Å². The van der Waals surface area contributed by atoms with Crippen LogP contribution in [0, 0.1) is 5.92 Å². The minimum atomic E-state index is 0. The highest BCUT2D eigenvalue weighted by Crippen LogP contribution is 2.37. The van der Waals surface area contributed by atoms with Gasteiger partial charge in [-0.05, 0) is 57.6 Å². The van der Waals surface area contributed by atoms with E-state index in [0.29, 0.717) is 10.7 Å². The Bertz CT molecular complexity index is 373. The van der Waals surface area contributed by atoms with E-state index in [2.05, 4.69) is 36.2 Å². The molecule has 1 atom stereocenters. The lowest BCUT2D eigenvalue weighted by Gasteiger charge is -2.22. The Morgan fingerprint density at radius 1 is 1.32 bits per heavy atom. The largest absolute Gasteiger partial charge is 0.381 e. The molecule has 2 aliphatic rings. The summed E-state index contributed by atoms with van der Waals surface area (Å²) in [5, 5.41) is 6.77. The van der Waals surface area contributed by atoms with Crippen molar-refractivity contribution in [2.75, 3.05) is 51.8 Å². The summed E-state index contributed by atoms with van der Waals surface area (Å²) in [5.41, 5.74) is 0. The van der Waals surface area contributed by atoms with Gasteiger partial charge in [0.1, 0.15) is 0 Å². The molecule has 148 valence electrons. The van der Waals surface area contributed by atoms with Crippen molar-refractivity contribution in [3.8, 4) is 0 Å². The van der Waals surface area contributed by atoms with Gasteiger partial charge in [-0.25, -0.2) is 0 Å². The van der Waals surface area contributed by atoms with E-state index >= 15 is 0 Å². The molecule has 2 heterocycles. The normalized spacial score (nSPS) is 24.8. The summed E-state index contributed by atoms with van der Waals surface area (Å²) in [7, 11) is 0. The standard InChI is InChI=1S/C18H35N3O2S.HI/c1-3-19-17(21-15-18(2)8-4-13-24-18)20-9-5-10-23-14-16-6-11-22-12-7-16;/h16H,3-15H2,1-2H3,(H2,19,20,21);1H. The van der Waals surface area contributed by atoms with Crippen LogP contribution in [-0.2, 0) is 9.47 Å². The third-order valence-corrected chi connectivity index (χ3v) is 6.19. The molecule has 0 radical (unpaired) electrons. The average Bonchev–Trinajstić information content (AvgIpc) is 3.03. The molecule has 2 aliphatic heterocycles. The highest BCUT2D eigenvalue weighted by molar-refractivity contribution is 14.0. The lowest BCUT2D eigenvalue weighted by Crippen LogP contribution is -2.39. The van der Waals surface area contributed by atoms with E-state index < -0.39 is 0 Å². The molecule has 2 saturated heterocycles. The zero-order valence-corrected chi connectivity index (χ0v) is 19.0. The van der Waals surface area contributed by atoms with Gasteiger partial charge in [-0.1, -0.05) is 0 Å². The van der Waals surface area contributed by atoms with Gasteiger partial charge in [0.2, 0.25) is 0 Å². The van der Waals surface area contributed by atoms with Gasteiger partial charge < -0.3 is 20.1 Å². The summed E-state index contributed by atoms with van der Waals surface area (Å²) in [6.07, 6.45) is 5.91. The summed E-state index contributed by atoms with van der Waals surface area (Å²) in [6.45, 7) is 10.6. The molecular weight excluding hydrogens is 449 g/mol. The summed E-state index contributed by atoms with van der Waals surface area (Å²) < 4.78 is 11.5. The van der Waals surface area contributed by atoms with Crippen molar-refractivity contribution in [2.45, 2.75) is 50.7 Å². The molecule has 0 saturated carbocycles. The van der Waals surface area contributed by atoms with E-state index in [1.165, 1.54) is 18.6 Å². The van der Waals surface area contributed by atoms with Gasteiger partial charge in [0.25, 0.3) is 0 Å². The van der Waals surface area contributed by atoms with Crippen LogP contribution in [-0.4, -0.2) is 62.5 Å². The van der Waals surface area contributed by atoms with Crippen molar-refractivity contribution in [1.29, 1.82) is 0 Å². The maximum absolute atomic E-state index is 5.81. The van der Waals surface area contributed by atoms with Gasteiger partial charge in [0.15, 0.2) is 5.96 Å². The van der Waals surface area contributed by atoms with Crippen LogP contribution in [0.2, 0.25) is 0 Å². The number of hydrogen-bond donors (Lipinski definition) is 2. The van der Waals surface area contributed by atoms with Gasteiger partial charge in [0.05, 0.1) is 6.54 Å². The molecule has 2 N–H and O–H groups in total.